The molecule has 4 rings (SSSR count). The van der Waals surface area contributed by atoms with Gasteiger partial charge in [0.25, 0.3) is 0 Å². The normalized spacial score (nSPS) is 14.0. The van der Waals surface area contributed by atoms with Gasteiger partial charge in [-0.15, -0.1) is 0 Å². The van der Waals surface area contributed by atoms with Crippen molar-refractivity contribution in [1.82, 2.24) is 14.9 Å². The van der Waals surface area contributed by atoms with Gasteiger partial charge in [-0.1, -0.05) is 54.6 Å². The van der Waals surface area contributed by atoms with Crippen molar-refractivity contribution in [3.8, 4) is 0 Å². The zero-order valence-corrected chi connectivity index (χ0v) is 25.5. The molecule has 0 heterocycles. The van der Waals surface area contributed by atoms with Gasteiger partial charge in [0.15, 0.2) is 0 Å². The molecule has 10 heteroatoms. The third kappa shape index (κ3) is 9.98. The van der Waals surface area contributed by atoms with Gasteiger partial charge in [0.2, 0.25) is 21.8 Å². The van der Waals surface area contributed by atoms with E-state index in [-0.39, 0.29) is 47.6 Å². The molecule has 0 radical (unpaired) electrons. The molecule has 0 saturated heterocycles. The number of benzene rings is 3. The van der Waals surface area contributed by atoms with Crippen LogP contribution in [0.5, 0.6) is 0 Å². The maximum atomic E-state index is 13.9. The number of hydrogen-bond acceptors (Lipinski definition) is 5. The average Bonchev–Trinajstić information content (AvgIpc) is 3.80. The predicted octanol–water partition coefficient (Wildman–Crippen LogP) is 4.90. The second-order valence-electron chi connectivity index (χ2n) is 11.1. The highest BCUT2D eigenvalue weighted by molar-refractivity contribution is 7.89. The van der Waals surface area contributed by atoms with Gasteiger partial charge in [-0.2, -0.15) is 0 Å². The first-order valence-corrected chi connectivity index (χ1v) is 16.2. The first-order valence-electron chi connectivity index (χ1n) is 14.7. The molecule has 3 aromatic carbocycles. The summed E-state index contributed by atoms with van der Waals surface area (Å²) in [5.41, 5.74) is 2.14. The molecule has 2 N–H and O–H groups in total. The summed E-state index contributed by atoms with van der Waals surface area (Å²) in [5, 5.41) is 2.96. The van der Waals surface area contributed by atoms with Crippen LogP contribution in [0.4, 0.5) is 4.39 Å². The number of aryl methyl sites for hydroxylation is 1. The maximum Gasteiger partial charge on any atom is 0.247 e. The van der Waals surface area contributed by atoms with E-state index in [4.69, 9.17) is 4.74 Å². The molecule has 0 bridgehead atoms. The van der Waals surface area contributed by atoms with Gasteiger partial charge >= 0.3 is 0 Å². The van der Waals surface area contributed by atoms with Crippen LogP contribution in [0.2, 0.25) is 0 Å². The first-order chi connectivity index (χ1) is 20.6. The Hall–Kier alpha value is -3.60. The molecule has 0 aromatic heterocycles. The molecule has 2 amide bonds. The number of rotatable bonds is 16. The Balaban J connectivity index is 1.52. The smallest absolute Gasteiger partial charge is 0.247 e. The fourth-order valence-corrected chi connectivity index (χ4v) is 5.94. The second kappa shape index (κ2) is 15.2. The SMILES string of the molecule is CC(C)OCCCNC(=O)C(c1ccccc1)N(Cc1ccc(F)cc1)C(=O)CCc1ccc(S(=O)(=O)NC2CC2)cc1. The summed E-state index contributed by atoms with van der Waals surface area (Å²) in [6.45, 7) is 4.89. The summed E-state index contributed by atoms with van der Waals surface area (Å²) in [7, 11) is -3.57. The highest BCUT2D eigenvalue weighted by Crippen LogP contribution is 2.26. The molecule has 0 aliphatic heterocycles. The Morgan fingerprint density at radius 2 is 1.60 bits per heavy atom. The van der Waals surface area contributed by atoms with E-state index in [0.717, 1.165) is 18.4 Å². The molecular formula is C33H40FN3O5S. The van der Waals surface area contributed by atoms with Gasteiger partial charge in [0.1, 0.15) is 11.9 Å². The van der Waals surface area contributed by atoms with E-state index in [0.29, 0.717) is 37.1 Å². The Morgan fingerprint density at radius 3 is 2.23 bits per heavy atom. The summed E-state index contributed by atoms with van der Waals surface area (Å²) in [6, 6.07) is 20.6. The van der Waals surface area contributed by atoms with Crippen molar-refractivity contribution in [2.45, 2.75) is 75.6 Å². The number of carbonyl (C=O) groups is 2. The van der Waals surface area contributed by atoms with Crippen LogP contribution in [0.3, 0.4) is 0 Å². The van der Waals surface area contributed by atoms with Crippen molar-refractivity contribution in [2.24, 2.45) is 0 Å². The highest BCUT2D eigenvalue weighted by atomic mass is 32.2. The molecule has 1 atom stereocenters. The number of carbonyl (C=O) groups excluding carboxylic acids is 2. The van der Waals surface area contributed by atoms with Gasteiger partial charge in [-0.3, -0.25) is 9.59 Å². The van der Waals surface area contributed by atoms with Crippen molar-refractivity contribution >= 4 is 21.8 Å². The van der Waals surface area contributed by atoms with Crippen molar-refractivity contribution in [1.29, 1.82) is 0 Å². The van der Waals surface area contributed by atoms with Crippen molar-refractivity contribution in [3.05, 3.63) is 101 Å². The molecule has 1 saturated carbocycles. The van der Waals surface area contributed by atoms with Crippen LogP contribution < -0.4 is 10.0 Å². The van der Waals surface area contributed by atoms with Crippen LogP contribution in [-0.4, -0.2) is 50.4 Å². The summed E-state index contributed by atoms with van der Waals surface area (Å²) < 4.78 is 46.9. The fourth-order valence-electron chi connectivity index (χ4n) is 4.64. The largest absolute Gasteiger partial charge is 0.379 e. The lowest BCUT2D eigenvalue weighted by atomic mass is 10.0. The number of nitrogens with zero attached hydrogens (tertiary/aromatic N) is 1. The summed E-state index contributed by atoms with van der Waals surface area (Å²) >= 11 is 0. The maximum absolute atomic E-state index is 13.9. The summed E-state index contributed by atoms with van der Waals surface area (Å²) in [4.78, 5) is 29.2. The third-order valence-corrected chi connectivity index (χ3v) is 8.63. The number of ether oxygens (including phenoxy) is 1. The minimum atomic E-state index is -3.57. The third-order valence-electron chi connectivity index (χ3n) is 7.09. The van der Waals surface area contributed by atoms with Gasteiger partial charge < -0.3 is 15.0 Å². The lowest BCUT2D eigenvalue weighted by Gasteiger charge is -2.32. The van der Waals surface area contributed by atoms with Crippen LogP contribution in [0.1, 0.15) is 62.3 Å². The molecule has 0 spiro atoms. The van der Waals surface area contributed by atoms with E-state index >= 15 is 0 Å². The minimum absolute atomic E-state index is 0.0116. The molecular weight excluding hydrogens is 569 g/mol. The van der Waals surface area contributed by atoms with Crippen LogP contribution >= 0.6 is 0 Å². The van der Waals surface area contributed by atoms with E-state index in [1.807, 2.05) is 44.2 Å². The Morgan fingerprint density at radius 1 is 0.953 bits per heavy atom. The summed E-state index contributed by atoms with van der Waals surface area (Å²) in [5.74, 6) is -0.965. The molecule has 43 heavy (non-hydrogen) atoms. The fraction of sp³-hybridized carbons (Fsp3) is 0.394. The number of sulfonamides is 1. The van der Waals surface area contributed by atoms with Crippen LogP contribution in [0.15, 0.2) is 83.8 Å². The van der Waals surface area contributed by atoms with Crippen molar-refractivity contribution in [3.63, 3.8) is 0 Å². The molecule has 1 fully saturated rings. The van der Waals surface area contributed by atoms with Gasteiger partial charge in [-0.05, 0) is 80.5 Å². The minimum Gasteiger partial charge on any atom is -0.379 e. The van der Waals surface area contributed by atoms with Gasteiger partial charge in [-0.25, -0.2) is 17.5 Å². The predicted molar refractivity (Wildman–Crippen MR) is 163 cm³/mol. The average molecular weight is 610 g/mol. The monoisotopic (exact) mass is 609 g/mol. The van der Waals surface area contributed by atoms with Crippen LogP contribution in [0.25, 0.3) is 0 Å². The van der Waals surface area contributed by atoms with Gasteiger partial charge in [0.05, 0.1) is 11.0 Å². The molecule has 230 valence electrons. The molecule has 1 unspecified atom stereocenters. The number of hydrogen-bond donors (Lipinski definition) is 2. The van der Waals surface area contributed by atoms with E-state index in [2.05, 4.69) is 10.0 Å². The van der Waals surface area contributed by atoms with Gasteiger partial charge in [0, 0.05) is 32.2 Å². The topological polar surface area (TPSA) is 105 Å². The van der Waals surface area contributed by atoms with Crippen LogP contribution in [0, 0.1) is 5.82 Å². The first kappa shape index (κ1) is 32.3. The lowest BCUT2D eigenvalue weighted by molar-refractivity contribution is -0.141. The van der Waals surface area contributed by atoms with E-state index in [1.165, 1.54) is 17.0 Å². The van der Waals surface area contributed by atoms with Crippen molar-refractivity contribution < 1.29 is 27.1 Å². The lowest BCUT2D eigenvalue weighted by Crippen LogP contribution is -2.44. The Bertz CT molecular complexity index is 1440. The zero-order chi connectivity index (χ0) is 30.8. The van der Waals surface area contributed by atoms with Crippen LogP contribution in [-0.2, 0) is 37.3 Å². The van der Waals surface area contributed by atoms with E-state index in [1.54, 1.807) is 36.4 Å². The van der Waals surface area contributed by atoms with E-state index in [9.17, 15) is 22.4 Å². The molecule has 1 aliphatic rings. The molecule has 3 aromatic rings. The second-order valence-corrected chi connectivity index (χ2v) is 12.8. The standard InChI is InChI=1S/C33H40FN3O5S/c1-24(2)42-22-6-21-35-33(39)32(27-7-4-3-5-8-27)37(23-26-9-14-28(34)15-10-26)31(38)20-13-25-11-18-30(19-12-25)43(40,41)36-29-16-17-29/h3-5,7-12,14-15,18-19,24,29,32,36H,6,13,16-17,20-23H2,1-2H3,(H,35,39). The number of amides is 2. The molecule has 1 aliphatic carbocycles. The Labute approximate surface area is 253 Å². The Kier molecular flexibility index (Phi) is 11.4. The number of nitrogens with one attached hydrogen (secondary N) is 2. The zero-order valence-electron chi connectivity index (χ0n) is 24.7. The van der Waals surface area contributed by atoms with E-state index < -0.39 is 16.1 Å². The van der Waals surface area contributed by atoms with Crippen molar-refractivity contribution in [2.75, 3.05) is 13.2 Å². The quantitative estimate of drug-likeness (QED) is 0.225. The summed E-state index contributed by atoms with van der Waals surface area (Å²) in [6.07, 6.45) is 2.86. The highest BCUT2D eigenvalue weighted by Gasteiger charge is 2.31. The number of halogens is 1. The molecule has 8 nitrogen and oxygen atoms in total.